The molecule has 0 aromatic heterocycles. The van der Waals surface area contributed by atoms with E-state index in [0.717, 1.165) is 5.92 Å². The second kappa shape index (κ2) is 3.04. The summed E-state index contributed by atoms with van der Waals surface area (Å²) in [6.07, 6.45) is 4.04. The number of amidine groups is 1. The Balaban J connectivity index is 2.19. The second-order valence-corrected chi connectivity index (χ2v) is 3.30. The molecule has 2 nitrogen and oxygen atoms in total. The number of nitrogens with zero attached hydrogens (tertiary/aromatic N) is 1. The van der Waals surface area contributed by atoms with Crippen LogP contribution in [0.2, 0.25) is 0 Å². The van der Waals surface area contributed by atoms with E-state index in [4.69, 9.17) is 5.73 Å². The monoisotopic (exact) mass is 140 g/mol. The van der Waals surface area contributed by atoms with Gasteiger partial charge in [-0.1, -0.05) is 12.8 Å². The van der Waals surface area contributed by atoms with Gasteiger partial charge in [-0.05, 0) is 26.2 Å². The summed E-state index contributed by atoms with van der Waals surface area (Å²) in [6.45, 7) is 3.98. The maximum atomic E-state index is 5.44. The van der Waals surface area contributed by atoms with Crippen molar-refractivity contribution < 1.29 is 0 Å². The lowest BCUT2D eigenvalue weighted by molar-refractivity contribution is 0.612. The molecule has 0 spiro atoms. The lowest BCUT2D eigenvalue weighted by Crippen LogP contribution is -2.11. The molecule has 1 unspecified atom stereocenters. The zero-order valence-electron chi connectivity index (χ0n) is 6.80. The lowest BCUT2D eigenvalue weighted by Gasteiger charge is -2.03. The summed E-state index contributed by atoms with van der Waals surface area (Å²) in [4.78, 5) is 4.25. The highest BCUT2D eigenvalue weighted by Gasteiger charge is 2.22. The lowest BCUT2D eigenvalue weighted by atomic mass is 10.2. The van der Waals surface area contributed by atoms with Gasteiger partial charge < -0.3 is 5.73 Å². The van der Waals surface area contributed by atoms with Gasteiger partial charge in [0.15, 0.2) is 0 Å². The summed E-state index contributed by atoms with van der Waals surface area (Å²) in [5.74, 6) is 1.67. The van der Waals surface area contributed by atoms with Crippen molar-refractivity contribution in [2.45, 2.75) is 39.2 Å². The fourth-order valence-electron chi connectivity index (χ4n) is 1.24. The average Bonchev–Trinajstić information content (AvgIpc) is 2.46. The summed E-state index contributed by atoms with van der Waals surface area (Å²) in [5, 5.41) is 0. The average molecular weight is 140 g/mol. The third-order valence-electron chi connectivity index (χ3n) is 1.80. The first-order chi connectivity index (χ1) is 4.68. The van der Waals surface area contributed by atoms with Gasteiger partial charge in [-0.3, -0.25) is 4.99 Å². The quantitative estimate of drug-likeness (QED) is 0.469. The van der Waals surface area contributed by atoms with Crippen LogP contribution >= 0.6 is 0 Å². The molecule has 1 atom stereocenters. The van der Waals surface area contributed by atoms with Crippen molar-refractivity contribution in [1.29, 1.82) is 0 Å². The van der Waals surface area contributed by atoms with Gasteiger partial charge in [-0.25, -0.2) is 0 Å². The van der Waals surface area contributed by atoms with E-state index < -0.39 is 0 Å². The molecule has 10 heavy (non-hydrogen) atoms. The van der Waals surface area contributed by atoms with Crippen LogP contribution in [0.25, 0.3) is 0 Å². The van der Waals surface area contributed by atoms with E-state index in [-0.39, 0.29) is 0 Å². The van der Waals surface area contributed by atoms with E-state index in [1.807, 2.05) is 6.92 Å². The maximum absolute atomic E-state index is 5.44. The van der Waals surface area contributed by atoms with E-state index in [0.29, 0.717) is 11.9 Å². The van der Waals surface area contributed by atoms with Crippen LogP contribution in [0.5, 0.6) is 0 Å². The molecule has 0 aromatic rings. The molecule has 0 bridgehead atoms. The van der Waals surface area contributed by atoms with Gasteiger partial charge in [0.1, 0.15) is 0 Å². The largest absolute Gasteiger partial charge is 0.388 e. The molecule has 1 aliphatic carbocycles. The first-order valence-corrected chi connectivity index (χ1v) is 3.98. The molecule has 1 fully saturated rings. The molecule has 1 rings (SSSR count). The van der Waals surface area contributed by atoms with Gasteiger partial charge in [-0.2, -0.15) is 0 Å². The highest BCUT2D eigenvalue weighted by molar-refractivity contribution is 5.77. The second-order valence-electron chi connectivity index (χ2n) is 3.30. The molecule has 0 amide bonds. The van der Waals surface area contributed by atoms with Crippen molar-refractivity contribution in [2.75, 3.05) is 0 Å². The normalized spacial score (nSPS) is 22.8. The Morgan fingerprint density at radius 3 is 2.70 bits per heavy atom. The van der Waals surface area contributed by atoms with Crippen molar-refractivity contribution in [1.82, 2.24) is 0 Å². The third kappa shape index (κ3) is 2.85. The van der Waals surface area contributed by atoms with Crippen molar-refractivity contribution in [3.05, 3.63) is 0 Å². The third-order valence-corrected chi connectivity index (χ3v) is 1.80. The van der Waals surface area contributed by atoms with Crippen LogP contribution in [0.4, 0.5) is 0 Å². The predicted octanol–water partition coefficient (Wildman–Crippen LogP) is 1.55. The van der Waals surface area contributed by atoms with E-state index in [2.05, 4.69) is 11.9 Å². The molecule has 2 N–H and O–H groups in total. The van der Waals surface area contributed by atoms with Crippen LogP contribution in [0.15, 0.2) is 4.99 Å². The van der Waals surface area contributed by atoms with Crippen LogP contribution < -0.4 is 5.73 Å². The fraction of sp³-hybridized carbons (Fsp3) is 0.875. The van der Waals surface area contributed by atoms with Crippen LogP contribution in [0.3, 0.4) is 0 Å². The molecule has 58 valence electrons. The molecule has 0 aromatic carbocycles. The van der Waals surface area contributed by atoms with Crippen LogP contribution in [0, 0.1) is 5.92 Å². The van der Waals surface area contributed by atoms with Gasteiger partial charge in [0, 0.05) is 6.04 Å². The van der Waals surface area contributed by atoms with Crippen LogP contribution in [-0.2, 0) is 0 Å². The fourth-order valence-corrected chi connectivity index (χ4v) is 1.24. The number of hydrogen-bond donors (Lipinski definition) is 1. The van der Waals surface area contributed by atoms with Crippen molar-refractivity contribution in [2.24, 2.45) is 16.6 Å². The SMILES string of the molecule is CC(N)=NC(C)CC1CC1. The highest BCUT2D eigenvalue weighted by Crippen LogP contribution is 2.33. The minimum Gasteiger partial charge on any atom is -0.388 e. The standard InChI is InChI=1S/C8H16N2/c1-6(10-7(2)9)5-8-3-4-8/h6,8H,3-5H2,1-2H3,(H2,9,10). The summed E-state index contributed by atoms with van der Waals surface area (Å²) in [7, 11) is 0. The summed E-state index contributed by atoms with van der Waals surface area (Å²) < 4.78 is 0. The minimum atomic E-state index is 0.442. The molecule has 2 heteroatoms. The predicted molar refractivity (Wildman–Crippen MR) is 44.1 cm³/mol. The molecule has 0 aliphatic heterocycles. The minimum absolute atomic E-state index is 0.442. The zero-order valence-corrected chi connectivity index (χ0v) is 6.80. The number of nitrogens with two attached hydrogens (primary N) is 1. The molecule has 0 heterocycles. The number of aliphatic imine (C=N–C) groups is 1. The first kappa shape index (κ1) is 7.58. The smallest absolute Gasteiger partial charge is 0.0908 e. The molecular weight excluding hydrogens is 124 g/mol. The molecular formula is C8H16N2. The van der Waals surface area contributed by atoms with Gasteiger partial charge in [0.25, 0.3) is 0 Å². The molecule has 1 saturated carbocycles. The Hall–Kier alpha value is -0.530. The Morgan fingerprint density at radius 1 is 1.70 bits per heavy atom. The van der Waals surface area contributed by atoms with Gasteiger partial charge in [0.2, 0.25) is 0 Å². The van der Waals surface area contributed by atoms with Crippen LogP contribution in [0.1, 0.15) is 33.1 Å². The zero-order chi connectivity index (χ0) is 7.56. The van der Waals surface area contributed by atoms with Crippen molar-refractivity contribution in [3.63, 3.8) is 0 Å². The van der Waals surface area contributed by atoms with E-state index >= 15 is 0 Å². The Labute approximate surface area is 62.5 Å². The summed E-state index contributed by atoms with van der Waals surface area (Å²) in [6, 6.07) is 0.442. The first-order valence-electron chi connectivity index (χ1n) is 3.98. The van der Waals surface area contributed by atoms with Gasteiger partial charge in [0.05, 0.1) is 5.84 Å². The summed E-state index contributed by atoms with van der Waals surface area (Å²) >= 11 is 0. The van der Waals surface area contributed by atoms with Gasteiger partial charge in [-0.15, -0.1) is 0 Å². The molecule has 1 aliphatic rings. The Kier molecular flexibility index (Phi) is 2.30. The van der Waals surface area contributed by atoms with Crippen LogP contribution in [-0.4, -0.2) is 11.9 Å². The topological polar surface area (TPSA) is 38.4 Å². The Bertz CT molecular complexity index is 132. The summed E-state index contributed by atoms with van der Waals surface area (Å²) in [5.41, 5.74) is 5.44. The number of hydrogen-bond acceptors (Lipinski definition) is 1. The highest BCUT2D eigenvalue weighted by atomic mass is 14.9. The maximum Gasteiger partial charge on any atom is 0.0908 e. The van der Waals surface area contributed by atoms with E-state index in [9.17, 15) is 0 Å². The van der Waals surface area contributed by atoms with E-state index in [1.165, 1.54) is 19.3 Å². The van der Waals surface area contributed by atoms with Gasteiger partial charge >= 0.3 is 0 Å². The molecule has 0 saturated heterocycles. The van der Waals surface area contributed by atoms with Crippen molar-refractivity contribution >= 4 is 5.84 Å². The molecule has 0 radical (unpaired) electrons. The van der Waals surface area contributed by atoms with E-state index in [1.54, 1.807) is 0 Å². The number of rotatable bonds is 3. The Morgan fingerprint density at radius 2 is 2.30 bits per heavy atom. The van der Waals surface area contributed by atoms with Crippen molar-refractivity contribution in [3.8, 4) is 0 Å².